The number of benzene rings is 1. The van der Waals surface area contributed by atoms with Crippen LogP contribution >= 0.6 is 0 Å². The van der Waals surface area contributed by atoms with Crippen LogP contribution in [0.1, 0.15) is 17.2 Å². The van der Waals surface area contributed by atoms with Crippen molar-refractivity contribution >= 4 is 10.0 Å². The molecular formula is C16H11F6N3O3S. The lowest BCUT2D eigenvalue weighted by atomic mass is 10.1. The van der Waals surface area contributed by atoms with E-state index in [0.717, 1.165) is 18.5 Å². The van der Waals surface area contributed by atoms with Gasteiger partial charge in [-0.05, 0) is 23.8 Å². The molecule has 6 nitrogen and oxygen atoms in total. The lowest BCUT2D eigenvalue weighted by Gasteiger charge is -2.29. The van der Waals surface area contributed by atoms with Gasteiger partial charge in [0.25, 0.3) is 0 Å². The van der Waals surface area contributed by atoms with E-state index in [1.165, 1.54) is 0 Å². The molecule has 156 valence electrons. The molecule has 0 aliphatic heterocycles. The minimum absolute atomic E-state index is 0.00475. The summed E-state index contributed by atoms with van der Waals surface area (Å²) in [6, 6.07) is 2.39. The predicted molar refractivity (Wildman–Crippen MR) is 85.8 cm³/mol. The summed E-state index contributed by atoms with van der Waals surface area (Å²) >= 11 is 0. The van der Waals surface area contributed by atoms with Gasteiger partial charge in [-0.2, -0.15) is 22.7 Å². The lowest BCUT2D eigenvalue weighted by molar-refractivity contribution is -0.274. The molecule has 0 fully saturated rings. The number of pyridine rings is 1. The number of alkyl halides is 6. The molecule has 0 saturated carbocycles. The summed E-state index contributed by atoms with van der Waals surface area (Å²) in [5.74, 6) is -0.765. The topological polar surface area (TPSA) is 83.3 Å². The van der Waals surface area contributed by atoms with E-state index in [4.69, 9.17) is 5.26 Å². The maximum atomic E-state index is 13.6. The molecule has 29 heavy (non-hydrogen) atoms. The van der Waals surface area contributed by atoms with Crippen LogP contribution in [0.4, 0.5) is 26.3 Å². The molecule has 0 aliphatic carbocycles. The molecule has 0 aliphatic rings. The first kappa shape index (κ1) is 22.4. The second kappa shape index (κ2) is 7.88. The third kappa shape index (κ3) is 5.36. The minimum Gasteiger partial charge on any atom is -0.406 e. The third-order valence-corrected chi connectivity index (χ3v) is 5.41. The fourth-order valence-electron chi connectivity index (χ4n) is 2.38. The smallest absolute Gasteiger partial charge is 0.406 e. The van der Waals surface area contributed by atoms with E-state index in [1.54, 1.807) is 6.07 Å². The summed E-state index contributed by atoms with van der Waals surface area (Å²) < 4.78 is 106. The average Bonchev–Trinajstić information content (AvgIpc) is 2.61. The Morgan fingerprint density at radius 3 is 2.17 bits per heavy atom. The summed E-state index contributed by atoms with van der Waals surface area (Å²) in [7, 11) is -4.09. The van der Waals surface area contributed by atoms with Crippen LogP contribution < -0.4 is 4.74 Å². The van der Waals surface area contributed by atoms with Crippen LogP contribution in [0.2, 0.25) is 0 Å². The van der Waals surface area contributed by atoms with E-state index >= 15 is 0 Å². The molecule has 2 rings (SSSR count). The molecule has 2 aromatic rings. The highest BCUT2D eigenvalue weighted by atomic mass is 32.2. The monoisotopic (exact) mass is 439 g/mol. The van der Waals surface area contributed by atoms with Gasteiger partial charge in [0.2, 0.25) is 10.0 Å². The van der Waals surface area contributed by atoms with E-state index in [-0.39, 0.29) is 9.87 Å². The van der Waals surface area contributed by atoms with Gasteiger partial charge in [0.15, 0.2) is 0 Å². The molecule has 0 spiro atoms. The van der Waals surface area contributed by atoms with Crippen molar-refractivity contribution in [1.29, 1.82) is 5.26 Å². The number of aromatic nitrogens is 1. The van der Waals surface area contributed by atoms with Crippen molar-refractivity contribution in [2.45, 2.75) is 23.5 Å². The zero-order chi connectivity index (χ0) is 22.0. The van der Waals surface area contributed by atoms with E-state index in [1.807, 2.05) is 0 Å². The van der Waals surface area contributed by atoms with Crippen LogP contribution in [-0.4, -0.2) is 37.3 Å². The number of rotatable bonds is 5. The molecule has 0 saturated heterocycles. The van der Waals surface area contributed by atoms with Gasteiger partial charge in [-0.25, -0.2) is 8.42 Å². The van der Waals surface area contributed by atoms with Gasteiger partial charge >= 0.3 is 12.5 Å². The molecule has 0 unspecified atom stereocenters. The number of sulfonamides is 1. The summed E-state index contributed by atoms with van der Waals surface area (Å²) in [4.78, 5) is 2.86. The van der Waals surface area contributed by atoms with Crippen molar-refractivity contribution in [2.75, 3.05) is 7.05 Å². The van der Waals surface area contributed by atoms with Gasteiger partial charge in [0.1, 0.15) is 22.8 Å². The van der Waals surface area contributed by atoms with Crippen LogP contribution in [-0.2, 0) is 10.0 Å². The summed E-state index contributed by atoms with van der Waals surface area (Å²) in [5, 5.41) is 8.82. The van der Waals surface area contributed by atoms with Crippen molar-refractivity contribution in [3.05, 3.63) is 53.9 Å². The second-order valence-electron chi connectivity index (χ2n) is 5.60. The highest BCUT2D eigenvalue weighted by Gasteiger charge is 2.47. The van der Waals surface area contributed by atoms with Crippen molar-refractivity contribution in [3.8, 4) is 11.8 Å². The first-order valence-corrected chi connectivity index (χ1v) is 8.95. The molecule has 1 heterocycles. The summed E-state index contributed by atoms with van der Waals surface area (Å²) in [6.07, 6.45) is -8.33. The van der Waals surface area contributed by atoms with Gasteiger partial charge < -0.3 is 4.74 Å². The Morgan fingerprint density at radius 1 is 1.10 bits per heavy atom. The van der Waals surface area contributed by atoms with E-state index in [0.29, 0.717) is 31.3 Å². The fraction of sp³-hybridized carbons (Fsp3) is 0.250. The highest BCUT2D eigenvalue weighted by Crippen LogP contribution is 2.40. The average molecular weight is 439 g/mol. The molecule has 1 atom stereocenters. The maximum absolute atomic E-state index is 13.6. The van der Waals surface area contributed by atoms with Crippen LogP contribution in [0.25, 0.3) is 0 Å². The normalized spacial score (nSPS) is 13.8. The Morgan fingerprint density at radius 2 is 1.69 bits per heavy atom. The van der Waals surface area contributed by atoms with Crippen LogP contribution in [0, 0.1) is 11.3 Å². The first-order chi connectivity index (χ1) is 13.3. The van der Waals surface area contributed by atoms with Crippen LogP contribution in [0.5, 0.6) is 5.75 Å². The lowest BCUT2D eigenvalue weighted by Crippen LogP contribution is -2.39. The molecule has 0 radical (unpaired) electrons. The Labute approximate surface area is 161 Å². The number of nitrogens with zero attached hydrogens (tertiary/aromatic N) is 3. The molecular weight excluding hydrogens is 428 g/mol. The van der Waals surface area contributed by atoms with E-state index < -0.39 is 44.8 Å². The zero-order valence-electron chi connectivity index (χ0n) is 14.4. The van der Waals surface area contributed by atoms with Gasteiger partial charge in [0, 0.05) is 19.4 Å². The number of nitriles is 1. The molecule has 13 heteroatoms. The standard InChI is InChI=1S/C16H11F6N3O3S/c1-25(29(26,27)13-6-10(7-23)8-24-9-13)14(15(17,18)19)11-2-4-12(5-3-11)28-16(20,21)22/h2-6,8-9,14H,1H3/t14-/m1/s1. The Balaban J connectivity index is 2.46. The largest absolute Gasteiger partial charge is 0.573 e. The van der Waals surface area contributed by atoms with E-state index in [9.17, 15) is 34.8 Å². The van der Waals surface area contributed by atoms with Crippen molar-refractivity contribution in [3.63, 3.8) is 0 Å². The summed E-state index contributed by atoms with van der Waals surface area (Å²) in [6.45, 7) is 0. The quantitative estimate of drug-likeness (QED) is 0.663. The van der Waals surface area contributed by atoms with Gasteiger partial charge in [-0.15, -0.1) is 13.2 Å². The molecule has 0 N–H and O–H groups in total. The molecule has 0 bridgehead atoms. The van der Waals surface area contributed by atoms with Crippen molar-refractivity contribution in [2.24, 2.45) is 0 Å². The highest BCUT2D eigenvalue weighted by molar-refractivity contribution is 7.89. The minimum atomic E-state index is -5.10. The van der Waals surface area contributed by atoms with Gasteiger partial charge in [-0.1, -0.05) is 12.1 Å². The fourth-order valence-corrected chi connectivity index (χ4v) is 3.70. The van der Waals surface area contributed by atoms with Crippen LogP contribution in [0.3, 0.4) is 0 Å². The van der Waals surface area contributed by atoms with Crippen LogP contribution in [0.15, 0.2) is 47.6 Å². The first-order valence-electron chi connectivity index (χ1n) is 7.51. The van der Waals surface area contributed by atoms with Crippen molar-refractivity contribution < 1.29 is 39.5 Å². The Hall–Kier alpha value is -2.85. The third-order valence-electron chi connectivity index (χ3n) is 3.62. The van der Waals surface area contributed by atoms with Gasteiger partial charge in [0.05, 0.1) is 5.56 Å². The number of hydrogen-bond donors (Lipinski definition) is 0. The second-order valence-corrected chi connectivity index (χ2v) is 7.60. The maximum Gasteiger partial charge on any atom is 0.573 e. The Kier molecular flexibility index (Phi) is 6.10. The predicted octanol–water partition coefficient (Wildman–Crippen LogP) is 3.78. The molecule has 0 amide bonds. The zero-order valence-corrected chi connectivity index (χ0v) is 15.2. The number of halogens is 6. The van der Waals surface area contributed by atoms with Gasteiger partial charge in [-0.3, -0.25) is 4.98 Å². The van der Waals surface area contributed by atoms with E-state index in [2.05, 4.69) is 9.72 Å². The molecule has 1 aromatic carbocycles. The number of hydrogen-bond acceptors (Lipinski definition) is 5. The Bertz CT molecular complexity index is 1010. The summed E-state index contributed by atoms with van der Waals surface area (Å²) in [5.41, 5.74) is -0.820. The van der Waals surface area contributed by atoms with Crippen molar-refractivity contribution in [1.82, 2.24) is 9.29 Å². The number of ether oxygens (including phenoxy) is 1. The SMILES string of the molecule is CN([C@H](c1ccc(OC(F)(F)F)cc1)C(F)(F)F)S(=O)(=O)c1cncc(C#N)c1. The molecule has 1 aromatic heterocycles.